The minimum atomic E-state index is -0.111. The first-order chi connectivity index (χ1) is 10.6. The maximum atomic E-state index is 12.4. The summed E-state index contributed by atoms with van der Waals surface area (Å²) >= 11 is 0. The lowest BCUT2D eigenvalue weighted by Gasteiger charge is -2.36. The zero-order valence-electron chi connectivity index (χ0n) is 14.1. The number of nitrogens with zero attached hydrogens (tertiary/aromatic N) is 1. The molecule has 1 aliphatic heterocycles. The van der Waals surface area contributed by atoms with Crippen LogP contribution in [0.2, 0.25) is 0 Å². The van der Waals surface area contributed by atoms with Crippen LogP contribution in [-0.2, 0) is 9.59 Å². The van der Waals surface area contributed by atoms with Gasteiger partial charge in [-0.05, 0) is 45.1 Å². The van der Waals surface area contributed by atoms with Crippen molar-refractivity contribution in [3.05, 3.63) is 0 Å². The zero-order valence-corrected chi connectivity index (χ0v) is 14.1. The lowest BCUT2D eigenvalue weighted by molar-refractivity contribution is -0.126. The van der Waals surface area contributed by atoms with Gasteiger partial charge >= 0.3 is 0 Å². The molecule has 0 aromatic carbocycles. The third kappa shape index (κ3) is 5.27. The second-order valence-electron chi connectivity index (χ2n) is 6.96. The van der Waals surface area contributed by atoms with Crippen molar-refractivity contribution < 1.29 is 9.59 Å². The van der Waals surface area contributed by atoms with Crippen LogP contribution in [-0.4, -0.2) is 48.4 Å². The van der Waals surface area contributed by atoms with Gasteiger partial charge in [0.05, 0.1) is 6.04 Å². The largest absolute Gasteiger partial charge is 0.354 e. The van der Waals surface area contributed by atoms with E-state index in [1.165, 1.54) is 32.1 Å². The number of rotatable bonds is 5. The lowest BCUT2D eigenvalue weighted by Crippen LogP contribution is -2.54. The fourth-order valence-corrected chi connectivity index (χ4v) is 3.71. The second kappa shape index (κ2) is 8.51. The minimum absolute atomic E-state index is 0.0150. The van der Waals surface area contributed by atoms with E-state index in [4.69, 9.17) is 0 Å². The Morgan fingerprint density at radius 2 is 1.86 bits per heavy atom. The molecule has 2 aliphatic rings. The van der Waals surface area contributed by atoms with Crippen LogP contribution in [0.1, 0.15) is 58.8 Å². The molecule has 5 nitrogen and oxygen atoms in total. The molecule has 5 heteroatoms. The molecule has 2 rings (SSSR count). The number of hydrogen-bond donors (Lipinski definition) is 2. The molecule has 2 N–H and O–H groups in total. The van der Waals surface area contributed by atoms with Crippen LogP contribution in [0.4, 0.5) is 0 Å². The van der Waals surface area contributed by atoms with Crippen LogP contribution < -0.4 is 10.6 Å². The number of carbonyl (C=O) groups is 2. The topological polar surface area (TPSA) is 61.4 Å². The average molecular weight is 309 g/mol. The van der Waals surface area contributed by atoms with E-state index in [0.29, 0.717) is 5.92 Å². The predicted molar refractivity (Wildman–Crippen MR) is 87.5 cm³/mol. The van der Waals surface area contributed by atoms with Gasteiger partial charge in [0.15, 0.2) is 0 Å². The molecule has 0 spiro atoms. The van der Waals surface area contributed by atoms with Crippen LogP contribution in [0.5, 0.6) is 0 Å². The number of hydrogen-bond acceptors (Lipinski definition) is 3. The fourth-order valence-electron chi connectivity index (χ4n) is 3.71. The summed E-state index contributed by atoms with van der Waals surface area (Å²) in [7, 11) is 0. The minimum Gasteiger partial charge on any atom is -0.354 e. The Kier molecular flexibility index (Phi) is 6.68. The van der Waals surface area contributed by atoms with E-state index in [9.17, 15) is 9.59 Å². The highest BCUT2D eigenvalue weighted by molar-refractivity contribution is 5.81. The van der Waals surface area contributed by atoms with Gasteiger partial charge < -0.3 is 10.6 Å². The van der Waals surface area contributed by atoms with E-state index < -0.39 is 0 Å². The molecule has 22 heavy (non-hydrogen) atoms. The van der Waals surface area contributed by atoms with Crippen molar-refractivity contribution in [2.24, 2.45) is 5.92 Å². The molecule has 0 unspecified atom stereocenters. The SMILES string of the molecule is CC(=O)N[C@H]1CCCN([C@H](C)C(=O)NCC2CCCCC2)C1. The van der Waals surface area contributed by atoms with E-state index in [-0.39, 0.29) is 23.9 Å². The van der Waals surface area contributed by atoms with E-state index >= 15 is 0 Å². The van der Waals surface area contributed by atoms with Crippen LogP contribution in [0.3, 0.4) is 0 Å². The molecule has 0 aromatic rings. The van der Waals surface area contributed by atoms with Crippen LogP contribution >= 0.6 is 0 Å². The molecule has 2 atom stereocenters. The van der Waals surface area contributed by atoms with E-state index in [1.807, 2.05) is 6.92 Å². The molecule has 126 valence electrons. The summed E-state index contributed by atoms with van der Waals surface area (Å²) < 4.78 is 0. The van der Waals surface area contributed by atoms with E-state index in [2.05, 4.69) is 15.5 Å². The van der Waals surface area contributed by atoms with Gasteiger partial charge in [0, 0.05) is 26.1 Å². The van der Waals surface area contributed by atoms with Crippen molar-refractivity contribution in [3.63, 3.8) is 0 Å². The van der Waals surface area contributed by atoms with Gasteiger partial charge in [0.2, 0.25) is 11.8 Å². The third-order valence-corrected chi connectivity index (χ3v) is 5.08. The molecule has 0 bridgehead atoms. The van der Waals surface area contributed by atoms with Crippen molar-refractivity contribution in [3.8, 4) is 0 Å². The molecule has 0 aromatic heterocycles. The van der Waals surface area contributed by atoms with Crippen molar-refractivity contribution in [2.45, 2.75) is 70.9 Å². The Morgan fingerprint density at radius 1 is 1.14 bits per heavy atom. The molecular formula is C17H31N3O2. The van der Waals surface area contributed by atoms with Gasteiger partial charge in [-0.15, -0.1) is 0 Å². The van der Waals surface area contributed by atoms with Gasteiger partial charge in [-0.3, -0.25) is 14.5 Å². The molecule has 1 saturated heterocycles. The molecule has 2 fully saturated rings. The highest BCUT2D eigenvalue weighted by atomic mass is 16.2. The summed E-state index contributed by atoms with van der Waals surface area (Å²) in [5, 5.41) is 6.11. The van der Waals surface area contributed by atoms with Crippen LogP contribution in [0.15, 0.2) is 0 Å². The summed E-state index contributed by atoms with van der Waals surface area (Å²) in [5.41, 5.74) is 0. The third-order valence-electron chi connectivity index (χ3n) is 5.08. The fraction of sp³-hybridized carbons (Fsp3) is 0.882. The van der Waals surface area contributed by atoms with Gasteiger partial charge in [-0.25, -0.2) is 0 Å². The molecule has 1 heterocycles. The lowest BCUT2D eigenvalue weighted by atomic mass is 9.89. The quantitative estimate of drug-likeness (QED) is 0.812. The first kappa shape index (κ1) is 17.3. The molecule has 1 aliphatic carbocycles. The van der Waals surface area contributed by atoms with Crippen molar-refractivity contribution in [1.82, 2.24) is 15.5 Å². The Morgan fingerprint density at radius 3 is 2.55 bits per heavy atom. The van der Waals surface area contributed by atoms with Crippen molar-refractivity contribution in [1.29, 1.82) is 0 Å². The Labute approximate surface area is 134 Å². The summed E-state index contributed by atoms with van der Waals surface area (Å²) in [6.45, 7) is 6.07. The normalized spacial score (nSPS) is 25.5. The maximum Gasteiger partial charge on any atom is 0.237 e. The summed E-state index contributed by atoms with van der Waals surface area (Å²) in [6.07, 6.45) is 8.50. The average Bonchev–Trinajstić information content (AvgIpc) is 2.52. The van der Waals surface area contributed by atoms with E-state index in [0.717, 1.165) is 32.5 Å². The second-order valence-corrected chi connectivity index (χ2v) is 6.96. The molecule has 0 radical (unpaired) electrons. The summed E-state index contributed by atoms with van der Waals surface area (Å²) in [6, 6.07) is 0.0694. The zero-order chi connectivity index (χ0) is 15.9. The summed E-state index contributed by atoms with van der Waals surface area (Å²) in [5.74, 6) is 0.814. The van der Waals surface area contributed by atoms with E-state index in [1.54, 1.807) is 6.92 Å². The number of piperidine rings is 1. The number of carbonyl (C=O) groups excluding carboxylic acids is 2. The van der Waals surface area contributed by atoms with Gasteiger partial charge in [0.1, 0.15) is 0 Å². The first-order valence-corrected chi connectivity index (χ1v) is 8.85. The van der Waals surface area contributed by atoms with Gasteiger partial charge in [-0.2, -0.15) is 0 Å². The van der Waals surface area contributed by atoms with Crippen LogP contribution in [0, 0.1) is 5.92 Å². The Hall–Kier alpha value is -1.10. The predicted octanol–water partition coefficient (Wildman–Crippen LogP) is 1.67. The first-order valence-electron chi connectivity index (χ1n) is 8.85. The summed E-state index contributed by atoms with van der Waals surface area (Å²) in [4.78, 5) is 25.8. The molecular weight excluding hydrogens is 278 g/mol. The highest BCUT2D eigenvalue weighted by Crippen LogP contribution is 2.22. The van der Waals surface area contributed by atoms with Gasteiger partial charge in [-0.1, -0.05) is 19.3 Å². The monoisotopic (exact) mass is 309 g/mol. The molecule has 2 amide bonds. The number of likely N-dealkylation sites (tertiary alicyclic amines) is 1. The highest BCUT2D eigenvalue weighted by Gasteiger charge is 2.28. The molecule has 1 saturated carbocycles. The number of nitrogens with one attached hydrogen (secondary N) is 2. The number of amides is 2. The van der Waals surface area contributed by atoms with Crippen molar-refractivity contribution in [2.75, 3.05) is 19.6 Å². The van der Waals surface area contributed by atoms with Crippen molar-refractivity contribution >= 4 is 11.8 Å². The van der Waals surface area contributed by atoms with Crippen LogP contribution in [0.25, 0.3) is 0 Å². The van der Waals surface area contributed by atoms with Gasteiger partial charge in [0.25, 0.3) is 0 Å². The maximum absolute atomic E-state index is 12.4. The Bertz CT molecular complexity index is 380. The Balaban J connectivity index is 1.75. The standard InChI is InChI=1S/C17H31N3O2/c1-13(17(22)18-11-15-7-4-3-5-8-15)20-10-6-9-16(12-20)19-14(2)21/h13,15-16H,3-12H2,1-2H3,(H,18,22)(H,19,21)/t13-,16+/m1/s1. The smallest absolute Gasteiger partial charge is 0.237 e.